The number of nitrogens with zero attached hydrogens (tertiary/aromatic N) is 2. The van der Waals surface area contributed by atoms with E-state index in [0.717, 1.165) is 27.8 Å². The van der Waals surface area contributed by atoms with Crippen molar-refractivity contribution in [2.24, 2.45) is 5.73 Å². The van der Waals surface area contributed by atoms with E-state index in [9.17, 15) is 14.4 Å². The van der Waals surface area contributed by atoms with E-state index in [1.165, 1.54) is 4.57 Å². The molecule has 49 heavy (non-hydrogen) atoms. The summed E-state index contributed by atoms with van der Waals surface area (Å²) >= 11 is 0. The van der Waals surface area contributed by atoms with Gasteiger partial charge in [-0.2, -0.15) is 0 Å². The number of amidine groups is 1. The molecule has 1 aromatic heterocycles. The Labute approximate surface area is 284 Å². The summed E-state index contributed by atoms with van der Waals surface area (Å²) in [4.78, 5) is 43.5. The smallest absolute Gasteiger partial charge is 0.413 e. The third kappa shape index (κ3) is 9.41. The van der Waals surface area contributed by atoms with Crippen LogP contribution in [0.1, 0.15) is 48.2 Å². The largest absolute Gasteiger partial charge is 0.444 e. The highest BCUT2D eigenvalue weighted by molar-refractivity contribution is 6.04. The summed E-state index contributed by atoms with van der Waals surface area (Å²) in [5.74, 6) is -0.332. The summed E-state index contributed by atoms with van der Waals surface area (Å²) in [6.07, 6.45) is 7.09. The molecule has 11 nitrogen and oxygen atoms in total. The topological polar surface area (TPSA) is 164 Å². The number of nitrogens with two attached hydrogens (primary N) is 1. The fourth-order valence-corrected chi connectivity index (χ4v) is 5.17. The van der Waals surface area contributed by atoms with E-state index in [-0.39, 0.29) is 43.3 Å². The van der Waals surface area contributed by atoms with Crippen molar-refractivity contribution in [2.45, 2.75) is 46.0 Å². The van der Waals surface area contributed by atoms with Gasteiger partial charge in [0.2, 0.25) is 5.91 Å². The van der Waals surface area contributed by atoms with Crippen molar-refractivity contribution in [2.75, 3.05) is 5.32 Å². The highest BCUT2D eigenvalue weighted by Gasteiger charge is 2.18. The molecule has 1 aliphatic carbocycles. The zero-order valence-electron chi connectivity index (χ0n) is 27.4. The summed E-state index contributed by atoms with van der Waals surface area (Å²) < 4.78 is 6.61. The van der Waals surface area contributed by atoms with Gasteiger partial charge in [0.1, 0.15) is 19.0 Å². The molecule has 0 bridgehead atoms. The monoisotopic (exact) mass is 657 g/mol. The van der Waals surface area contributed by atoms with Gasteiger partial charge in [0.25, 0.3) is 5.56 Å². The molecule has 11 heteroatoms. The van der Waals surface area contributed by atoms with Gasteiger partial charge >= 0.3 is 6.09 Å². The highest BCUT2D eigenvalue weighted by Crippen LogP contribution is 2.27. The average Bonchev–Trinajstić information content (AvgIpc) is 3.30. The van der Waals surface area contributed by atoms with Gasteiger partial charge in [-0.1, -0.05) is 91.0 Å². The fourth-order valence-electron chi connectivity index (χ4n) is 5.17. The molecule has 1 heterocycles. The van der Waals surface area contributed by atoms with Gasteiger partial charge in [0, 0.05) is 23.8 Å². The predicted molar refractivity (Wildman–Crippen MR) is 191 cm³/mol. The molecule has 0 aliphatic heterocycles. The lowest BCUT2D eigenvalue weighted by Gasteiger charge is -2.17. The van der Waals surface area contributed by atoms with E-state index in [4.69, 9.17) is 15.9 Å². The van der Waals surface area contributed by atoms with Gasteiger partial charge in [-0.05, 0) is 60.3 Å². The van der Waals surface area contributed by atoms with Crippen LogP contribution in [-0.2, 0) is 29.2 Å². The molecule has 0 radical (unpaired) electrons. The minimum Gasteiger partial charge on any atom is -0.444 e. The number of ether oxygens (including phenoxy) is 1. The number of anilines is 1. The standard InChI is InChI=1S/C38H39N7O4/c1-25(2)43-36-37(47)45(33(22-42-36)31-18-17-30(19-32(39)20-31)28-11-7-4-8-12-28)23-34(46)41-21-26-13-15-29(16-14-26)35(40)44-38(48)49-24-27-9-5-3-6-10-27/h3-17,19-20,22,25H,18,21,23-24,39H2,1-2H3,(H,41,46)(H,42,43)(H2,40,44,48). The number of benzene rings is 3. The zero-order valence-corrected chi connectivity index (χ0v) is 27.4. The van der Waals surface area contributed by atoms with Gasteiger partial charge in [0.05, 0.1) is 11.9 Å². The van der Waals surface area contributed by atoms with Gasteiger partial charge in [0.15, 0.2) is 5.82 Å². The van der Waals surface area contributed by atoms with Crippen molar-refractivity contribution in [1.82, 2.24) is 20.2 Å². The van der Waals surface area contributed by atoms with Crippen molar-refractivity contribution in [1.29, 1.82) is 5.41 Å². The maximum absolute atomic E-state index is 13.6. The van der Waals surface area contributed by atoms with Crippen LogP contribution in [0.15, 0.2) is 120 Å². The number of amides is 2. The number of hydrogen-bond donors (Lipinski definition) is 5. The van der Waals surface area contributed by atoms with Crippen LogP contribution in [0.2, 0.25) is 0 Å². The van der Waals surface area contributed by atoms with Crippen molar-refractivity contribution >= 4 is 34.8 Å². The van der Waals surface area contributed by atoms with E-state index >= 15 is 0 Å². The maximum atomic E-state index is 13.6. The Morgan fingerprint density at radius 2 is 1.65 bits per heavy atom. The Balaban J connectivity index is 1.24. The van der Waals surface area contributed by atoms with Crippen molar-refractivity contribution in [3.63, 3.8) is 0 Å². The lowest BCUT2D eigenvalue weighted by atomic mass is 10.0. The summed E-state index contributed by atoms with van der Waals surface area (Å²) in [5, 5.41) is 16.6. The van der Waals surface area contributed by atoms with Crippen LogP contribution in [0.5, 0.6) is 0 Å². The molecule has 0 spiro atoms. The number of hydrogen-bond acceptors (Lipinski definition) is 8. The molecule has 3 aromatic carbocycles. The third-order valence-corrected chi connectivity index (χ3v) is 7.59. The van der Waals surface area contributed by atoms with Crippen LogP contribution in [0.4, 0.5) is 10.6 Å². The van der Waals surface area contributed by atoms with Crippen LogP contribution < -0.4 is 27.2 Å². The first kappa shape index (κ1) is 34.1. The van der Waals surface area contributed by atoms with E-state index in [1.54, 1.807) is 30.5 Å². The molecule has 2 amide bonds. The number of aromatic nitrogens is 2. The van der Waals surface area contributed by atoms with Gasteiger partial charge in [-0.3, -0.25) is 24.9 Å². The first-order chi connectivity index (χ1) is 23.7. The maximum Gasteiger partial charge on any atom is 0.413 e. The summed E-state index contributed by atoms with van der Waals surface area (Å²) in [6, 6.07) is 25.9. The lowest BCUT2D eigenvalue weighted by molar-refractivity contribution is -0.121. The Kier molecular flexibility index (Phi) is 11.2. The van der Waals surface area contributed by atoms with E-state index in [2.05, 4.69) is 20.9 Å². The van der Waals surface area contributed by atoms with Crippen LogP contribution in [0.3, 0.4) is 0 Å². The van der Waals surface area contributed by atoms with E-state index in [0.29, 0.717) is 23.4 Å². The number of nitrogens with one attached hydrogen (secondary N) is 4. The van der Waals surface area contributed by atoms with Gasteiger partial charge in [-0.15, -0.1) is 0 Å². The summed E-state index contributed by atoms with van der Waals surface area (Å²) in [6.45, 7) is 3.85. The predicted octanol–water partition coefficient (Wildman–Crippen LogP) is 5.35. The van der Waals surface area contributed by atoms with Crippen molar-refractivity contribution < 1.29 is 14.3 Å². The second-order valence-corrected chi connectivity index (χ2v) is 11.8. The first-order valence-corrected chi connectivity index (χ1v) is 15.9. The molecule has 0 saturated heterocycles. The first-order valence-electron chi connectivity index (χ1n) is 15.9. The Hall–Kier alpha value is -6.23. The minimum absolute atomic E-state index is 0.0417. The molecule has 0 saturated carbocycles. The van der Waals surface area contributed by atoms with Crippen LogP contribution >= 0.6 is 0 Å². The molecule has 0 atom stereocenters. The minimum atomic E-state index is -0.728. The van der Waals surface area contributed by atoms with Gasteiger partial charge < -0.3 is 21.1 Å². The molecule has 0 fully saturated rings. The molecule has 6 N–H and O–H groups in total. The van der Waals surface area contributed by atoms with Crippen LogP contribution in [0, 0.1) is 5.41 Å². The Morgan fingerprint density at radius 3 is 2.35 bits per heavy atom. The van der Waals surface area contributed by atoms with E-state index < -0.39 is 11.7 Å². The second kappa shape index (κ2) is 16.1. The normalized spacial score (nSPS) is 12.6. The number of carbonyl (C=O) groups excluding carboxylic acids is 2. The lowest BCUT2D eigenvalue weighted by Crippen LogP contribution is -2.35. The van der Waals surface area contributed by atoms with Crippen LogP contribution in [-0.4, -0.2) is 33.4 Å². The summed E-state index contributed by atoms with van der Waals surface area (Å²) in [7, 11) is 0. The molecule has 0 unspecified atom stereocenters. The number of alkyl carbamates (subject to hydrolysis) is 1. The van der Waals surface area contributed by atoms with Crippen molar-refractivity contribution in [3.05, 3.63) is 153 Å². The quantitative estimate of drug-likeness (QED) is 0.107. The molecule has 5 rings (SSSR count). The summed E-state index contributed by atoms with van der Waals surface area (Å²) in [5.41, 5.74) is 11.8. The zero-order chi connectivity index (χ0) is 34.8. The third-order valence-electron chi connectivity index (χ3n) is 7.59. The Bertz CT molecular complexity index is 1960. The number of allylic oxidation sites excluding steroid dienone is 5. The van der Waals surface area contributed by atoms with E-state index in [1.807, 2.05) is 92.7 Å². The number of rotatable bonds is 11. The average molecular weight is 658 g/mol. The molecule has 250 valence electrons. The molecular weight excluding hydrogens is 618 g/mol. The fraction of sp³-hybridized carbons (Fsp3) is 0.184. The second-order valence-electron chi connectivity index (χ2n) is 11.8. The van der Waals surface area contributed by atoms with Gasteiger partial charge in [-0.25, -0.2) is 9.78 Å². The Morgan fingerprint density at radius 1 is 0.959 bits per heavy atom. The highest BCUT2D eigenvalue weighted by atomic mass is 16.5. The molecule has 1 aliphatic rings. The molecule has 4 aromatic rings. The number of carbonyl (C=O) groups is 2. The van der Waals surface area contributed by atoms with Crippen LogP contribution in [0.25, 0.3) is 11.1 Å². The molecular formula is C38H39N7O4. The van der Waals surface area contributed by atoms with Crippen molar-refractivity contribution in [3.8, 4) is 0 Å². The SMILES string of the molecule is CC(C)Nc1ncc(C2=CC(N)=CC(c3ccccc3)=CC2)n(CC(=O)NCc2ccc(C(=N)NC(=O)OCc3ccccc3)cc2)c1=O.